The fourth-order valence-electron chi connectivity index (χ4n) is 4.00. The Morgan fingerprint density at radius 2 is 1.60 bits per heavy atom. The first-order valence-electron chi connectivity index (χ1n) is 10.6. The molecule has 5 nitrogen and oxygen atoms in total. The van der Waals surface area contributed by atoms with Crippen molar-refractivity contribution in [1.82, 2.24) is 9.80 Å². The number of aliphatic imine (C=N–C) groups is 1. The van der Waals surface area contributed by atoms with Gasteiger partial charge in [-0.15, -0.1) is 0 Å². The first-order chi connectivity index (χ1) is 14.3. The summed E-state index contributed by atoms with van der Waals surface area (Å²) in [4.78, 5) is 24.2. The van der Waals surface area contributed by atoms with Gasteiger partial charge in [-0.2, -0.15) is 0 Å². The van der Waals surface area contributed by atoms with E-state index in [9.17, 15) is 4.79 Å². The fraction of sp³-hybridized carbons (Fsp3) is 0.417. The fourth-order valence-corrected chi connectivity index (χ4v) is 4.19. The second kappa shape index (κ2) is 8.31. The van der Waals surface area contributed by atoms with Crippen LogP contribution in [-0.4, -0.2) is 60.9 Å². The minimum atomic E-state index is 0.0315. The highest BCUT2D eigenvalue weighted by Crippen LogP contribution is 2.24. The van der Waals surface area contributed by atoms with Crippen molar-refractivity contribution in [2.75, 3.05) is 44.2 Å². The van der Waals surface area contributed by atoms with Crippen molar-refractivity contribution in [1.29, 1.82) is 0 Å². The summed E-state index contributed by atoms with van der Waals surface area (Å²) < 4.78 is 0. The lowest BCUT2D eigenvalue weighted by Crippen LogP contribution is -2.53. The summed E-state index contributed by atoms with van der Waals surface area (Å²) in [5, 5.41) is 0.754. The second-order valence-electron chi connectivity index (χ2n) is 8.92. The van der Waals surface area contributed by atoms with Crippen LogP contribution in [-0.2, 0) is 5.41 Å². The molecule has 0 unspecified atom stereocenters. The Balaban J connectivity index is 1.42. The number of halogens is 1. The molecule has 0 aromatic heterocycles. The van der Waals surface area contributed by atoms with Gasteiger partial charge in [-0.3, -0.25) is 14.7 Å². The number of amides is 1. The van der Waals surface area contributed by atoms with Gasteiger partial charge in [0.25, 0.3) is 5.91 Å². The average molecular weight is 425 g/mol. The van der Waals surface area contributed by atoms with Gasteiger partial charge in [-0.05, 0) is 41.3 Å². The number of piperazine rings is 1. The summed E-state index contributed by atoms with van der Waals surface area (Å²) >= 11 is 6.14. The van der Waals surface area contributed by atoms with Crippen molar-refractivity contribution in [3.63, 3.8) is 0 Å². The molecule has 0 radical (unpaired) electrons. The van der Waals surface area contributed by atoms with E-state index in [4.69, 9.17) is 11.6 Å². The van der Waals surface area contributed by atoms with E-state index >= 15 is 0 Å². The number of guanidine groups is 1. The van der Waals surface area contributed by atoms with E-state index in [1.807, 2.05) is 35.2 Å². The van der Waals surface area contributed by atoms with E-state index < -0.39 is 0 Å². The SMILES string of the molecule is CC(C)(C)c1ccc(C(=O)N2CCN=C2N2CCN(c3cccc(Cl)c3)CC2)cc1. The van der Waals surface area contributed by atoms with E-state index in [0.29, 0.717) is 13.1 Å². The molecule has 0 aliphatic carbocycles. The normalized spacial score (nSPS) is 17.3. The van der Waals surface area contributed by atoms with Gasteiger partial charge in [-0.1, -0.05) is 50.6 Å². The molecule has 30 heavy (non-hydrogen) atoms. The van der Waals surface area contributed by atoms with E-state index in [0.717, 1.165) is 48.4 Å². The van der Waals surface area contributed by atoms with E-state index in [2.05, 4.69) is 53.8 Å². The molecule has 2 aromatic rings. The largest absolute Gasteiger partial charge is 0.368 e. The summed E-state index contributed by atoms with van der Waals surface area (Å²) in [6, 6.07) is 16.0. The van der Waals surface area contributed by atoms with Crippen molar-refractivity contribution >= 4 is 29.2 Å². The van der Waals surface area contributed by atoms with Crippen LogP contribution < -0.4 is 4.90 Å². The van der Waals surface area contributed by atoms with Gasteiger partial charge in [0.05, 0.1) is 6.54 Å². The molecule has 6 heteroatoms. The second-order valence-corrected chi connectivity index (χ2v) is 9.36. The molecule has 1 saturated heterocycles. The van der Waals surface area contributed by atoms with Crippen LogP contribution >= 0.6 is 11.6 Å². The highest BCUT2D eigenvalue weighted by Gasteiger charge is 2.31. The predicted octanol–water partition coefficient (Wildman–Crippen LogP) is 4.27. The first kappa shape index (κ1) is 20.7. The maximum Gasteiger partial charge on any atom is 0.260 e. The molecule has 2 aliphatic heterocycles. The predicted molar refractivity (Wildman–Crippen MR) is 124 cm³/mol. The number of hydrogen-bond acceptors (Lipinski definition) is 4. The van der Waals surface area contributed by atoms with E-state index in [1.165, 1.54) is 5.56 Å². The summed E-state index contributed by atoms with van der Waals surface area (Å²) in [5.41, 5.74) is 3.16. The summed E-state index contributed by atoms with van der Waals surface area (Å²) in [7, 11) is 0. The van der Waals surface area contributed by atoms with E-state index in [-0.39, 0.29) is 11.3 Å². The Morgan fingerprint density at radius 1 is 0.933 bits per heavy atom. The Labute approximate surface area is 183 Å². The molecule has 0 atom stereocenters. The minimum Gasteiger partial charge on any atom is -0.368 e. The van der Waals surface area contributed by atoms with Gasteiger partial charge in [0.15, 0.2) is 0 Å². The number of anilines is 1. The van der Waals surface area contributed by atoms with Crippen LogP contribution in [0.1, 0.15) is 36.7 Å². The van der Waals surface area contributed by atoms with Crippen LogP contribution in [0.3, 0.4) is 0 Å². The maximum atomic E-state index is 13.2. The lowest BCUT2D eigenvalue weighted by molar-refractivity contribution is 0.0843. The summed E-state index contributed by atoms with van der Waals surface area (Å²) in [5.74, 6) is 0.842. The first-order valence-corrected chi connectivity index (χ1v) is 10.9. The zero-order valence-corrected chi connectivity index (χ0v) is 18.7. The molecule has 158 valence electrons. The Kier molecular flexibility index (Phi) is 5.74. The molecule has 0 saturated carbocycles. The van der Waals surface area contributed by atoms with Crippen molar-refractivity contribution < 1.29 is 4.79 Å². The zero-order valence-electron chi connectivity index (χ0n) is 17.9. The molecule has 2 aliphatic rings. The topological polar surface area (TPSA) is 39.2 Å². The third-order valence-corrected chi connectivity index (χ3v) is 6.03. The monoisotopic (exact) mass is 424 g/mol. The number of benzene rings is 2. The minimum absolute atomic E-state index is 0.0315. The van der Waals surface area contributed by atoms with Crippen molar-refractivity contribution in [2.24, 2.45) is 4.99 Å². The molecule has 2 aromatic carbocycles. The summed E-state index contributed by atoms with van der Waals surface area (Å²) in [6.07, 6.45) is 0. The zero-order chi connectivity index (χ0) is 21.3. The average Bonchev–Trinajstić information content (AvgIpc) is 3.23. The Morgan fingerprint density at radius 3 is 2.23 bits per heavy atom. The van der Waals surface area contributed by atoms with Gasteiger partial charge >= 0.3 is 0 Å². The molecule has 4 rings (SSSR count). The standard InChI is InChI=1S/C24H29ClN4O/c1-24(2,3)19-9-7-18(8-10-19)22(30)29-12-11-26-23(29)28-15-13-27(14-16-28)21-6-4-5-20(25)17-21/h4-10,17H,11-16H2,1-3H3. The third kappa shape index (κ3) is 4.31. The van der Waals surface area contributed by atoms with Crippen LogP contribution in [0.15, 0.2) is 53.5 Å². The van der Waals surface area contributed by atoms with Crippen LogP contribution in [0.5, 0.6) is 0 Å². The van der Waals surface area contributed by atoms with Gasteiger partial charge in [0, 0.05) is 49.0 Å². The van der Waals surface area contributed by atoms with Gasteiger partial charge in [-0.25, -0.2) is 0 Å². The van der Waals surface area contributed by atoms with Crippen LogP contribution in [0.4, 0.5) is 5.69 Å². The number of carbonyl (C=O) groups is 1. The summed E-state index contributed by atoms with van der Waals surface area (Å²) in [6.45, 7) is 11.3. The van der Waals surface area contributed by atoms with Gasteiger partial charge in [0.2, 0.25) is 5.96 Å². The van der Waals surface area contributed by atoms with Crippen molar-refractivity contribution in [3.8, 4) is 0 Å². The molecule has 0 spiro atoms. The van der Waals surface area contributed by atoms with Gasteiger partial charge < -0.3 is 9.80 Å². The van der Waals surface area contributed by atoms with Crippen molar-refractivity contribution in [2.45, 2.75) is 26.2 Å². The van der Waals surface area contributed by atoms with E-state index in [1.54, 1.807) is 0 Å². The lowest BCUT2D eigenvalue weighted by Gasteiger charge is -2.38. The van der Waals surface area contributed by atoms with Gasteiger partial charge in [0.1, 0.15) is 0 Å². The molecule has 1 fully saturated rings. The number of rotatable bonds is 2. The molecule has 0 bridgehead atoms. The Bertz CT molecular complexity index is 940. The maximum absolute atomic E-state index is 13.2. The van der Waals surface area contributed by atoms with Crippen LogP contribution in [0.25, 0.3) is 0 Å². The molecular weight excluding hydrogens is 396 g/mol. The molecular formula is C24H29ClN4O. The number of hydrogen-bond donors (Lipinski definition) is 0. The molecule has 1 amide bonds. The third-order valence-electron chi connectivity index (χ3n) is 5.80. The smallest absolute Gasteiger partial charge is 0.260 e. The van der Waals surface area contributed by atoms with Crippen molar-refractivity contribution in [3.05, 3.63) is 64.7 Å². The Hall–Kier alpha value is -2.53. The quantitative estimate of drug-likeness (QED) is 0.722. The number of carbonyl (C=O) groups excluding carboxylic acids is 1. The van der Waals surface area contributed by atoms with Crippen LogP contribution in [0.2, 0.25) is 5.02 Å². The molecule has 0 N–H and O–H groups in total. The highest BCUT2D eigenvalue weighted by molar-refractivity contribution is 6.30. The highest BCUT2D eigenvalue weighted by atomic mass is 35.5. The lowest BCUT2D eigenvalue weighted by atomic mass is 9.86. The van der Waals surface area contributed by atoms with Crippen LogP contribution in [0, 0.1) is 0 Å². The molecule has 2 heterocycles. The number of nitrogens with zero attached hydrogens (tertiary/aromatic N) is 4.